The molecule has 2 unspecified atom stereocenters. The predicted molar refractivity (Wildman–Crippen MR) is 160 cm³/mol. The van der Waals surface area contributed by atoms with Crippen LogP contribution in [0.4, 0.5) is 10.5 Å². The Morgan fingerprint density at radius 3 is 2.15 bits per heavy atom. The van der Waals surface area contributed by atoms with Gasteiger partial charge in [-0.3, -0.25) is 14.4 Å². The number of anilines is 1. The van der Waals surface area contributed by atoms with Crippen LogP contribution in [0.25, 0.3) is 10.8 Å². The summed E-state index contributed by atoms with van der Waals surface area (Å²) in [5.41, 5.74) is 7.76. The van der Waals surface area contributed by atoms with Crippen LogP contribution in [0.2, 0.25) is 0 Å². The van der Waals surface area contributed by atoms with Crippen LogP contribution in [0.5, 0.6) is 0 Å². The number of fused-ring (bicyclic) bond motifs is 1. The Bertz CT molecular complexity index is 1440. The number of carbonyl (C=O) groups is 4. The number of hydrogen-bond donors (Lipinski definition) is 3. The van der Waals surface area contributed by atoms with Gasteiger partial charge in [0, 0.05) is 11.7 Å². The van der Waals surface area contributed by atoms with E-state index in [0.717, 1.165) is 21.9 Å². The normalized spacial score (nSPS) is 12.9. The third-order valence-electron chi connectivity index (χ3n) is 6.60. The minimum Gasteiger partial charge on any atom is -0.444 e. The molecular formula is C32H40N4O5. The van der Waals surface area contributed by atoms with Crippen molar-refractivity contribution >= 4 is 40.3 Å². The number of ether oxygens (including phenoxy) is 1. The Balaban J connectivity index is 2.05. The Kier molecular flexibility index (Phi) is 9.75. The minimum atomic E-state index is -1.34. The zero-order valence-corrected chi connectivity index (χ0v) is 24.8. The average molecular weight is 561 g/mol. The molecule has 0 aliphatic carbocycles. The first-order valence-electron chi connectivity index (χ1n) is 13.6. The molecule has 9 nitrogen and oxygen atoms in total. The van der Waals surface area contributed by atoms with E-state index < -0.39 is 54.0 Å². The predicted octanol–water partition coefficient (Wildman–Crippen LogP) is 5.14. The van der Waals surface area contributed by atoms with Gasteiger partial charge in [0.15, 0.2) is 0 Å². The van der Waals surface area contributed by atoms with Gasteiger partial charge < -0.3 is 26.0 Å². The number of aryl methyl sites for hydroxylation is 2. The fourth-order valence-electron chi connectivity index (χ4n) is 4.56. The summed E-state index contributed by atoms with van der Waals surface area (Å²) in [6.07, 6.45) is -1.34. The Labute approximate surface area is 241 Å². The molecule has 0 saturated heterocycles. The first kappa shape index (κ1) is 31.1. The topological polar surface area (TPSA) is 131 Å². The van der Waals surface area contributed by atoms with Crippen LogP contribution >= 0.6 is 0 Å². The second-order valence-corrected chi connectivity index (χ2v) is 11.5. The fraction of sp³-hybridized carbons (Fsp3) is 0.375. The largest absolute Gasteiger partial charge is 0.444 e. The van der Waals surface area contributed by atoms with Crippen LogP contribution in [-0.2, 0) is 19.1 Å². The maximum absolute atomic E-state index is 14.1. The van der Waals surface area contributed by atoms with E-state index in [-0.39, 0.29) is 0 Å². The van der Waals surface area contributed by atoms with Crippen LogP contribution in [0.15, 0.2) is 60.7 Å². The first-order valence-corrected chi connectivity index (χ1v) is 13.6. The standard InChI is InChI=1S/C32H40N4O5/c1-19(2)36(30(39)26(18-27(33)37)35-31(40)41-32(5,6)7)28(24-13-12-20(3)21(4)16-24)29(38)34-25-15-14-22-10-8-9-11-23(22)17-25/h8-17,19,26,28H,18H2,1-7H3,(H2,33,37)(H,34,38)(H,35,40). The third kappa shape index (κ3) is 8.30. The zero-order valence-electron chi connectivity index (χ0n) is 24.8. The highest BCUT2D eigenvalue weighted by Gasteiger charge is 2.38. The molecule has 3 aromatic carbocycles. The van der Waals surface area contributed by atoms with Gasteiger partial charge in [0.2, 0.25) is 11.8 Å². The number of nitrogens with one attached hydrogen (secondary N) is 2. The van der Waals surface area contributed by atoms with Gasteiger partial charge in [0.1, 0.15) is 17.7 Å². The summed E-state index contributed by atoms with van der Waals surface area (Å²) in [6, 6.07) is 16.0. The van der Waals surface area contributed by atoms with E-state index in [1.807, 2.05) is 62.4 Å². The first-order chi connectivity index (χ1) is 19.2. The summed E-state index contributed by atoms with van der Waals surface area (Å²) in [7, 11) is 0. The monoisotopic (exact) mass is 560 g/mol. The molecule has 41 heavy (non-hydrogen) atoms. The molecule has 0 radical (unpaired) electrons. The molecule has 0 aliphatic rings. The van der Waals surface area contributed by atoms with Crippen LogP contribution in [0, 0.1) is 13.8 Å². The second-order valence-electron chi connectivity index (χ2n) is 11.5. The summed E-state index contributed by atoms with van der Waals surface area (Å²) in [6.45, 7) is 12.5. The fourth-order valence-corrected chi connectivity index (χ4v) is 4.56. The highest BCUT2D eigenvalue weighted by atomic mass is 16.6. The summed E-state index contributed by atoms with van der Waals surface area (Å²) in [5.74, 6) is -1.87. The highest BCUT2D eigenvalue weighted by molar-refractivity contribution is 6.01. The van der Waals surface area contributed by atoms with E-state index in [1.165, 1.54) is 4.90 Å². The molecule has 3 aromatic rings. The molecule has 0 heterocycles. The van der Waals surface area contributed by atoms with E-state index in [0.29, 0.717) is 11.3 Å². The highest BCUT2D eigenvalue weighted by Crippen LogP contribution is 2.29. The van der Waals surface area contributed by atoms with Crippen LogP contribution in [-0.4, -0.2) is 46.4 Å². The summed E-state index contributed by atoms with van der Waals surface area (Å²) >= 11 is 0. The molecule has 4 N–H and O–H groups in total. The van der Waals surface area contributed by atoms with Crippen LogP contribution in [0.3, 0.4) is 0 Å². The van der Waals surface area contributed by atoms with Gasteiger partial charge in [0.05, 0.1) is 6.42 Å². The van der Waals surface area contributed by atoms with Crippen molar-refractivity contribution in [1.82, 2.24) is 10.2 Å². The van der Waals surface area contributed by atoms with E-state index >= 15 is 0 Å². The lowest BCUT2D eigenvalue weighted by Gasteiger charge is -2.37. The third-order valence-corrected chi connectivity index (χ3v) is 6.60. The molecule has 218 valence electrons. The lowest BCUT2D eigenvalue weighted by molar-refractivity contribution is -0.143. The van der Waals surface area contributed by atoms with E-state index in [9.17, 15) is 19.2 Å². The number of nitrogens with two attached hydrogens (primary N) is 1. The number of alkyl carbamates (subject to hydrolysis) is 1. The maximum Gasteiger partial charge on any atom is 0.408 e. The van der Waals surface area contributed by atoms with E-state index in [2.05, 4.69) is 10.6 Å². The number of carbonyl (C=O) groups excluding carboxylic acids is 4. The van der Waals surface area contributed by atoms with Gasteiger partial charge in [-0.05, 0) is 88.1 Å². The molecular weight excluding hydrogens is 520 g/mol. The maximum atomic E-state index is 14.1. The number of primary amides is 1. The Morgan fingerprint density at radius 1 is 0.902 bits per heavy atom. The smallest absolute Gasteiger partial charge is 0.408 e. The minimum absolute atomic E-state index is 0.444. The van der Waals surface area contributed by atoms with Crippen LogP contribution in [0.1, 0.15) is 63.8 Å². The van der Waals surface area contributed by atoms with Crippen LogP contribution < -0.4 is 16.4 Å². The number of rotatable bonds is 9. The molecule has 0 spiro atoms. The van der Waals surface area contributed by atoms with Gasteiger partial charge in [-0.1, -0.05) is 48.5 Å². The summed E-state index contributed by atoms with van der Waals surface area (Å²) < 4.78 is 5.32. The van der Waals surface area contributed by atoms with Crippen molar-refractivity contribution < 1.29 is 23.9 Å². The van der Waals surface area contributed by atoms with Gasteiger partial charge in [-0.2, -0.15) is 0 Å². The average Bonchev–Trinajstić information content (AvgIpc) is 2.86. The molecule has 0 saturated carbocycles. The molecule has 9 heteroatoms. The number of amides is 4. The lowest BCUT2D eigenvalue weighted by Crippen LogP contribution is -2.55. The van der Waals surface area contributed by atoms with Crippen molar-refractivity contribution in [3.05, 3.63) is 77.4 Å². The van der Waals surface area contributed by atoms with Crippen molar-refractivity contribution in [2.24, 2.45) is 5.73 Å². The molecule has 0 bridgehead atoms. The quantitative estimate of drug-likeness (QED) is 0.333. The number of hydrogen-bond acceptors (Lipinski definition) is 5. The number of benzene rings is 3. The van der Waals surface area contributed by atoms with Gasteiger partial charge in [-0.15, -0.1) is 0 Å². The Hall–Kier alpha value is -4.40. The summed E-state index contributed by atoms with van der Waals surface area (Å²) in [4.78, 5) is 54.1. The van der Waals surface area contributed by atoms with Crippen molar-refractivity contribution in [2.45, 2.75) is 78.6 Å². The summed E-state index contributed by atoms with van der Waals surface area (Å²) in [5, 5.41) is 7.44. The van der Waals surface area contributed by atoms with Crippen molar-refractivity contribution in [3.8, 4) is 0 Å². The van der Waals surface area contributed by atoms with Crippen molar-refractivity contribution in [3.63, 3.8) is 0 Å². The van der Waals surface area contributed by atoms with Crippen molar-refractivity contribution in [2.75, 3.05) is 5.32 Å². The molecule has 4 amide bonds. The zero-order chi connectivity index (χ0) is 30.5. The number of nitrogens with zero attached hydrogens (tertiary/aromatic N) is 1. The Morgan fingerprint density at radius 2 is 1.56 bits per heavy atom. The van der Waals surface area contributed by atoms with Crippen molar-refractivity contribution in [1.29, 1.82) is 0 Å². The van der Waals surface area contributed by atoms with Gasteiger partial charge in [-0.25, -0.2) is 4.79 Å². The molecule has 0 fully saturated rings. The van der Waals surface area contributed by atoms with Gasteiger partial charge >= 0.3 is 6.09 Å². The van der Waals surface area contributed by atoms with E-state index in [4.69, 9.17) is 10.5 Å². The lowest BCUT2D eigenvalue weighted by atomic mass is 9.97. The SMILES string of the molecule is Cc1ccc(C(C(=O)Nc2ccc3ccccc3c2)N(C(=O)C(CC(N)=O)NC(=O)OC(C)(C)C)C(C)C)cc1C. The molecule has 3 rings (SSSR count). The van der Waals surface area contributed by atoms with Gasteiger partial charge in [0.25, 0.3) is 5.91 Å². The molecule has 0 aliphatic heterocycles. The second kappa shape index (κ2) is 12.8. The van der Waals surface area contributed by atoms with E-state index in [1.54, 1.807) is 46.8 Å². The molecule has 2 atom stereocenters. The molecule has 0 aromatic heterocycles.